The van der Waals surface area contributed by atoms with Crippen molar-refractivity contribution in [2.24, 2.45) is 5.41 Å². The first-order chi connectivity index (χ1) is 6.36. The van der Waals surface area contributed by atoms with Crippen LogP contribution in [0.15, 0.2) is 0 Å². The predicted molar refractivity (Wildman–Crippen MR) is 56.1 cm³/mol. The molecule has 0 saturated carbocycles. The molecule has 0 aliphatic carbocycles. The number of hydrogen-bond acceptors (Lipinski definition) is 3. The van der Waals surface area contributed by atoms with Crippen LogP contribution in [0.5, 0.6) is 0 Å². The maximum Gasteiger partial charge on any atom is 0.162 e. The number of hydrogen-bond donors (Lipinski definition) is 0. The maximum absolute atomic E-state index is 11.2. The van der Waals surface area contributed by atoms with Crippen molar-refractivity contribution in [3.8, 4) is 0 Å². The van der Waals surface area contributed by atoms with E-state index < -0.39 is 11.2 Å². The molecule has 0 unspecified atom stereocenters. The molecule has 0 N–H and O–H groups in total. The minimum atomic E-state index is -0.533. The second-order valence-electron chi connectivity index (χ2n) is 4.09. The van der Waals surface area contributed by atoms with E-state index in [1.54, 1.807) is 6.92 Å². The zero-order valence-corrected chi connectivity index (χ0v) is 10.1. The minimum absolute atomic E-state index is 0.123. The lowest BCUT2D eigenvalue weighted by Gasteiger charge is -2.39. The van der Waals surface area contributed by atoms with E-state index in [1.165, 1.54) is 0 Å². The quantitative estimate of drug-likeness (QED) is 0.655. The zero-order valence-electron chi connectivity index (χ0n) is 10.1. The molecule has 84 valence electrons. The zero-order chi connectivity index (χ0) is 11.4. The smallest absolute Gasteiger partial charge is 0.162 e. The predicted octanol–water partition coefficient (Wildman–Crippen LogP) is 2.39. The molecular weight excluding hydrogens is 180 g/mol. The topological polar surface area (TPSA) is 35.5 Å². The van der Waals surface area contributed by atoms with Gasteiger partial charge in [-0.25, -0.2) is 0 Å². The van der Waals surface area contributed by atoms with Crippen molar-refractivity contribution < 1.29 is 14.3 Å². The van der Waals surface area contributed by atoms with Crippen molar-refractivity contribution in [1.29, 1.82) is 0 Å². The molecule has 0 radical (unpaired) electrons. The van der Waals surface area contributed by atoms with Crippen LogP contribution in [0.1, 0.15) is 41.5 Å². The van der Waals surface area contributed by atoms with Crippen molar-refractivity contribution in [2.75, 3.05) is 13.2 Å². The van der Waals surface area contributed by atoms with Crippen LogP contribution in [0.4, 0.5) is 0 Å². The van der Waals surface area contributed by atoms with E-state index in [0.717, 1.165) is 0 Å². The fraction of sp³-hybridized carbons (Fsp3) is 0.909. The van der Waals surface area contributed by atoms with Gasteiger partial charge in [0.05, 0.1) is 18.6 Å². The van der Waals surface area contributed by atoms with E-state index in [4.69, 9.17) is 9.47 Å². The normalized spacial score (nSPS) is 23.3. The van der Waals surface area contributed by atoms with Crippen LogP contribution in [0.25, 0.3) is 0 Å². The Kier molecular flexibility index (Phi) is 4.75. The standard InChI is InChI=1S/C9H16O3.C2H6/c1-7(10)9(4)5-11-8(2,3)12-6-9;1-2/h5-6H2,1-4H3;1-2H3. The van der Waals surface area contributed by atoms with Gasteiger partial charge in [0.1, 0.15) is 5.78 Å². The van der Waals surface area contributed by atoms with Crippen LogP contribution in [-0.4, -0.2) is 24.8 Å². The largest absolute Gasteiger partial charge is 0.349 e. The molecule has 3 nitrogen and oxygen atoms in total. The molecule has 3 heteroatoms. The molecule has 1 fully saturated rings. The Bertz CT molecular complexity index is 187. The van der Waals surface area contributed by atoms with Gasteiger partial charge in [-0.2, -0.15) is 0 Å². The summed E-state index contributed by atoms with van der Waals surface area (Å²) in [4.78, 5) is 11.2. The third kappa shape index (κ3) is 3.39. The van der Waals surface area contributed by atoms with Gasteiger partial charge in [-0.05, 0) is 27.7 Å². The number of rotatable bonds is 1. The molecule has 0 aromatic rings. The number of carbonyl (C=O) groups is 1. The fourth-order valence-corrected chi connectivity index (χ4v) is 0.953. The lowest BCUT2D eigenvalue weighted by molar-refractivity contribution is -0.276. The number of ketones is 1. The SMILES string of the molecule is CC.CC(=O)C1(C)COC(C)(C)OC1. The van der Waals surface area contributed by atoms with Crippen molar-refractivity contribution in [1.82, 2.24) is 0 Å². The monoisotopic (exact) mass is 202 g/mol. The van der Waals surface area contributed by atoms with Crippen LogP contribution in [0.2, 0.25) is 0 Å². The van der Waals surface area contributed by atoms with E-state index in [2.05, 4.69) is 0 Å². The van der Waals surface area contributed by atoms with E-state index in [-0.39, 0.29) is 5.78 Å². The van der Waals surface area contributed by atoms with E-state index in [9.17, 15) is 4.79 Å². The highest BCUT2D eigenvalue weighted by molar-refractivity contribution is 5.82. The minimum Gasteiger partial charge on any atom is -0.349 e. The van der Waals surface area contributed by atoms with Gasteiger partial charge in [0.2, 0.25) is 0 Å². The highest BCUT2D eigenvalue weighted by atomic mass is 16.7. The molecule has 0 amide bonds. The molecule has 0 spiro atoms. The van der Waals surface area contributed by atoms with Crippen LogP contribution in [-0.2, 0) is 14.3 Å². The van der Waals surface area contributed by atoms with Gasteiger partial charge in [-0.3, -0.25) is 4.79 Å². The summed E-state index contributed by atoms with van der Waals surface area (Å²) in [6.07, 6.45) is 0. The Hall–Kier alpha value is -0.410. The first-order valence-electron chi connectivity index (χ1n) is 5.15. The Labute approximate surface area is 86.8 Å². The first-order valence-corrected chi connectivity index (χ1v) is 5.15. The van der Waals surface area contributed by atoms with Gasteiger partial charge >= 0.3 is 0 Å². The van der Waals surface area contributed by atoms with E-state index >= 15 is 0 Å². The summed E-state index contributed by atoms with van der Waals surface area (Å²) in [7, 11) is 0. The summed E-state index contributed by atoms with van der Waals surface area (Å²) in [5.41, 5.74) is -0.449. The van der Waals surface area contributed by atoms with Crippen LogP contribution in [0.3, 0.4) is 0 Å². The summed E-state index contributed by atoms with van der Waals surface area (Å²) < 4.78 is 10.8. The summed E-state index contributed by atoms with van der Waals surface area (Å²) in [6, 6.07) is 0. The molecule has 1 rings (SSSR count). The lowest BCUT2D eigenvalue weighted by Crippen LogP contribution is -2.48. The van der Waals surface area contributed by atoms with Gasteiger partial charge < -0.3 is 9.47 Å². The Morgan fingerprint density at radius 2 is 1.43 bits per heavy atom. The molecule has 0 aromatic heterocycles. The molecule has 0 aromatic carbocycles. The Morgan fingerprint density at radius 1 is 1.07 bits per heavy atom. The van der Waals surface area contributed by atoms with E-state index in [0.29, 0.717) is 13.2 Å². The highest BCUT2D eigenvalue weighted by Gasteiger charge is 2.39. The molecule has 1 saturated heterocycles. The van der Waals surface area contributed by atoms with Crippen LogP contribution >= 0.6 is 0 Å². The van der Waals surface area contributed by atoms with Crippen molar-refractivity contribution >= 4 is 5.78 Å². The van der Waals surface area contributed by atoms with Gasteiger partial charge in [0, 0.05) is 0 Å². The van der Waals surface area contributed by atoms with Crippen LogP contribution in [0, 0.1) is 5.41 Å². The summed E-state index contributed by atoms with van der Waals surface area (Å²) >= 11 is 0. The summed E-state index contributed by atoms with van der Waals surface area (Å²) in [5.74, 6) is -0.410. The molecule has 1 aliphatic rings. The number of ether oxygens (including phenoxy) is 2. The highest BCUT2D eigenvalue weighted by Crippen LogP contribution is 2.29. The maximum atomic E-state index is 11.2. The number of Topliss-reactive ketones (excluding diaryl/α,β-unsaturated/α-hetero) is 1. The third-order valence-corrected chi connectivity index (χ3v) is 2.33. The van der Waals surface area contributed by atoms with Crippen molar-refractivity contribution in [2.45, 2.75) is 47.3 Å². The van der Waals surface area contributed by atoms with Crippen molar-refractivity contribution in [3.05, 3.63) is 0 Å². The van der Waals surface area contributed by atoms with Gasteiger partial charge in [0.25, 0.3) is 0 Å². The molecule has 0 bridgehead atoms. The van der Waals surface area contributed by atoms with Gasteiger partial charge in [-0.1, -0.05) is 13.8 Å². The number of carbonyl (C=O) groups excluding carboxylic acids is 1. The second kappa shape index (κ2) is 4.89. The van der Waals surface area contributed by atoms with E-state index in [1.807, 2.05) is 34.6 Å². The van der Waals surface area contributed by atoms with Gasteiger partial charge in [-0.15, -0.1) is 0 Å². The Balaban J connectivity index is 0.000000791. The molecule has 1 heterocycles. The molecule has 1 aliphatic heterocycles. The van der Waals surface area contributed by atoms with Gasteiger partial charge in [0.15, 0.2) is 5.79 Å². The summed E-state index contributed by atoms with van der Waals surface area (Å²) in [5, 5.41) is 0. The van der Waals surface area contributed by atoms with Crippen LogP contribution < -0.4 is 0 Å². The second-order valence-corrected chi connectivity index (χ2v) is 4.09. The Morgan fingerprint density at radius 3 is 1.71 bits per heavy atom. The average Bonchev–Trinajstić information content (AvgIpc) is 2.14. The molecular formula is C11H22O3. The fourth-order valence-electron chi connectivity index (χ4n) is 0.953. The third-order valence-electron chi connectivity index (χ3n) is 2.33. The lowest BCUT2D eigenvalue weighted by atomic mass is 9.87. The first kappa shape index (κ1) is 13.6. The van der Waals surface area contributed by atoms with Crippen molar-refractivity contribution in [3.63, 3.8) is 0 Å². The molecule has 14 heavy (non-hydrogen) atoms. The average molecular weight is 202 g/mol. The summed E-state index contributed by atoms with van der Waals surface area (Å²) in [6.45, 7) is 12.1. The molecule has 0 atom stereocenters.